The van der Waals surface area contributed by atoms with Crippen LogP contribution in [0, 0.1) is 12.8 Å². The summed E-state index contributed by atoms with van der Waals surface area (Å²) in [6.45, 7) is 5.94. The van der Waals surface area contributed by atoms with Gasteiger partial charge in [0.1, 0.15) is 0 Å². The maximum atomic E-state index is 10.2. The monoisotopic (exact) mass is 364 g/mol. The number of pyridine rings is 1. The summed E-state index contributed by atoms with van der Waals surface area (Å²) in [4.78, 5) is 0. The summed E-state index contributed by atoms with van der Waals surface area (Å²) >= 11 is 0. The lowest BCUT2D eigenvalue weighted by molar-refractivity contribution is -0.000391. The number of rotatable bonds is 4. The molecule has 1 aliphatic rings. The van der Waals surface area contributed by atoms with E-state index in [1.807, 2.05) is 19.9 Å². The fourth-order valence-corrected chi connectivity index (χ4v) is 4.14. The number of benzene rings is 1. The van der Waals surface area contributed by atoms with Crippen LogP contribution in [0.2, 0.25) is 0 Å². The second kappa shape index (κ2) is 6.97. The Morgan fingerprint density at radius 3 is 2.56 bits per heavy atom. The van der Waals surface area contributed by atoms with Crippen LogP contribution < -0.4 is 5.32 Å². The molecule has 0 bridgehead atoms. The average Bonchev–Trinajstić information content (AvgIpc) is 3.05. The highest BCUT2D eigenvalue weighted by molar-refractivity contribution is 5.62. The van der Waals surface area contributed by atoms with Crippen LogP contribution in [-0.4, -0.2) is 31.3 Å². The lowest BCUT2D eigenvalue weighted by Crippen LogP contribution is -2.37. The smallest absolute Gasteiger partial charge is 0.168 e. The predicted octanol–water partition coefficient (Wildman–Crippen LogP) is 4.45. The minimum Gasteiger partial charge on any atom is -0.390 e. The lowest BCUT2D eigenvalue weighted by Gasteiger charge is -2.36. The lowest BCUT2D eigenvalue weighted by atomic mass is 9.77. The maximum Gasteiger partial charge on any atom is 0.168 e. The van der Waals surface area contributed by atoms with Gasteiger partial charge in [0.15, 0.2) is 11.5 Å². The van der Waals surface area contributed by atoms with E-state index in [2.05, 4.69) is 63.4 Å². The molecular formula is C22H28N4O. The predicted molar refractivity (Wildman–Crippen MR) is 109 cm³/mol. The zero-order valence-electron chi connectivity index (χ0n) is 16.3. The molecule has 2 N–H and O–H groups in total. The first-order valence-corrected chi connectivity index (χ1v) is 9.81. The SMILES string of the molecule is Cc1cccc(-c2nnc3ccc(NC4CCC(C(C)(C)O)CC4)cn23)c1. The number of hydrogen-bond donors (Lipinski definition) is 2. The molecule has 2 aromatic heterocycles. The Balaban J connectivity index is 1.53. The van der Waals surface area contributed by atoms with Crippen molar-refractivity contribution in [2.24, 2.45) is 5.92 Å². The van der Waals surface area contributed by atoms with Gasteiger partial charge in [0.25, 0.3) is 0 Å². The van der Waals surface area contributed by atoms with E-state index in [4.69, 9.17) is 0 Å². The Bertz CT molecular complexity index is 933. The molecule has 5 nitrogen and oxygen atoms in total. The van der Waals surface area contributed by atoms with Gasteiger partial charge in [-0.2, -0.15) is 0 Å². The molecule has 3 aromatic rings. The highest BCUT2D eigenvalue weighted by Gasteiger charge is 2.31. The van der Waals surface area contributed by atoms with Crippen LogP contribution in [0.4, 0.5) is 5.69 Å². The van der Waals surface area contributed by atoms with Crippen molar-refractivity contribution in [2.75, 3.05) is 5.32 Å². The molecule has 0 saturated heterocycles. The molecule has 0 atom stereocenters. The van der Waals surface area contributed by atoms with Gasteiger partial charge in [0.2, 0.25) is 0 Å². The zero-order valence-corrected chi connectivity index (χ0v) is 16.3. The van der Waals surface area contributed by atoms with Crippen LogP contribution >= 0.6 is 0 Å². The second-order valence-corrected chi connectivity index (χ2v) is 8.39. The van der Waals surface area contributed by atoms with Gasteiger partial charge in [-0.3, -0.25) is 4.40 Å². The van der Waals surface area contributed by atoms with E-state index in [0.29, 0.717) is 12.0 Å². The van der Waals surface area contributed by atoms with Crippen LogP contribution in [0.5, 0.6) is 0 Å². The molecule has 0 aliphatic heterocycles. The highest BCUT2D eigenvalue weighted by Crippen LogP contribution is 2.33. The van der Waals surface area contributed by atoms with E-state index >= 15 is 0 Å². The fourth-order valence-electron chi connectivity index (χ4n) is 4.14. The van der Waals surface area contributed by atoms with E-state index in [-0.39, 0.29) is 0 Å². The number of hydrogen-bond acceptors (Lipinski definition) is 4. The Morgan fingerprint density at radius 1 is 1.07 bits per heavy atom. The number of anilines is 1. The quantitative estimate of drug-likeness (QED) is 0.718. The Morgan fingerprint density at radius 2 is 1.85 bits per heavy atom. The first-order chi connectivity index (χ1) is 12.9. The maximum absolute atomic E-state index is 10.2. The molecule has 1 fully saturated rings. The minimum absolute atomic E-state index is 0.392. The Labute approximate surface area is 160 Å². The summed E-state index contributed by atoms with van der Waals surface area (Å²) in [5.74, 6) is 1.26. The highest BCUT2D eigenvalue weighted by atomic mass is 16.3. The van der Waals surface area contributed by atoms with Gasteiger partial charge < -0.3 is 10.4 Å². The molecule has 4 rings (SSSR count). The van der Waals surface area contributed by atoms with Crippen molar-refractivity contribution >= 4 is 11.3 Å². The van der Waals surface area contributed by atoms with Crippen molar-refractivity contribution in [1.82, 2.24) is 14.6 Å². The van der Waals surface area contributed by atoms with Gasteiger partial charge in [-0.1, -0.05) is 23.8 Å². The van der Waals surface area contributed by atoms with E-state index in [0.717, 1.165) is 48.4 Å². The number of nitrogens with one attached hydrogen (secondary N) is 1. The van der Waals surface area contributed by atoms with Gasteiger partial charge in [-0.25, -0.2) is 0 Å². The molecule has 2 heterocycles. The molecule has 1 aliphatic carbocycles. The van der Waals surface area contributed by atoms with E-state index in [1.165, 1.54) is 5.56 Å². The van der Waals surface area contributed by atoms with Gasteiger partial charge in [0.05, 0.1) is 11.3 Å². The third-order valence-electron chi connectivity index (χ3n) is 5.78. The van der Waals surface area contributed by atoms with E-state index in [9.17, 15) is 5.11 Å². The third-order valence-corrected chi connectivity index (χ3v) is 5.78. The van der Waals surface area contributed by atoms with Crippen molar-refractivity contribution in [3.63, 3.8) is 0 Å². The first-order valence-electron chi connectivity index (χ1n) is 9.81. The molecule has 142 valence electrons. The molecular weight excluding hydrogens is 336 g/mol. The van der Waals surface area contributed by atoms with Crippen molar-refractivity contribution in [1.29, 1.82) is 0 Å². The van der Waals surface area contributed by atoms with E-state index in [1.54, 1.807) is 0 Å². The summed E-state index contributed by atoms with van der Waals surface area (Å²) in [5, 5.41) is 22.6. The Hall–Kier alpha value is -2.40. The largest absolute Gasteiger partial charge is 0.390 e. The molecule has 0 spiro atoms. The summed E-state index contributed by atoms with van der Waals surface area (Å²) < 4.78 is 2.06. The standard InChI is InChI=1S/C22H28N4O/c1-15-5-4-6-16(13-15)21-25-24-20-12-11-19(14-26(20)21)23-18-9-7-17(8-10-18)22(2,3)27/h4-6,11-14,17-18,23,27H,7-10H2,1-3H3. The molecule has 5 heteroatoms. The van der Waals surface area contributed by atoms with Crippen LogP contribution in [0.15, 0.2) is 42.6 Å². The van der Waals surface area contributed by atoms with Crippen LogP contribution in [0.3, 0.4) is 0 Å². The first kappa shape index (κ1) is 18.0. The summed E-state index contributed by atoms with van der Waals surface area (Å²) in [7, 11) is 0. The van der Waals surface area contributed by atoms with Crippen molar-refractivity contribution in [3.05, 3.63) is 48.2 Å². The fraction of sp³-hybridized carbons (Fsp3) is 0.455. The van der Waals surface area contributed by atoms with Crippen molar-refractivity contribution < 1.29 is 5.11 Å². The van der Waals surface area contributed by atoms with Crippen LogP contribution in [-0.2, 0) is 0 Å². The summed E-state index contributed by atoms with van der Waals surface area (Å²) in [6.07, 6.45) is 6.38. The van der Waals surface area contributed by atoms with Gasteiger partial charge in [-0.05, 0) is 70.6 Å². The number of aryl methyl sites for hydroxylation is 1. The Kier molecular flexibility index (Phi) is 4.64. The molecule has 27 heavy (non-hydrogen) atoms. The number of aliphatic hydroxyl groups is 1. The summed E-state index contributed by atoms with van der Waals surface area (Å²) in [5.41, 5.74) is 3.65. The normalized spacial score (nSPS) is 20.7. The van der Waals surface area contributed by atoms with Gasteiger partial charge >= 0.3 is 0 Å². The van der Waals surface area contributed by atoms with Crippen LogP contribution in [0.1, 0.15) is 45.1 Å². The van der Waals surface area contributed by atoms with Crippen molar-refractivity contribution in [3.8, 4) is 11.4 Å². The summed E-state index contributed by atoms with van der Waals surface area (Å²) in [6, 6.07) is 12.9. The van der Waals surface area contributed by atoms with Gasteiger partial charge in [0, 0.05) is 17.8 Å². The average molecular weight is 364 g/mol. The van der Waals surface area contributed by atoms with E-state index < -0.39 is 5.60 Å². The zero-order chi connectivity index (χ0) is 19.0. The minimum atomic E-state index is -0.574. The molecule has 0 radical (unpaired) electrons. The number of fused-ring (bicyclic) bond motifs is 1. The molecule has 0 unspecified atom stereocenters. The number of nitrogens with zero attached hydrogens (tertiary/aromatic N) is 3. The number of aromatic nitrogens is 3. The molecule has 1 saturated carbocycles. The third kappa shape index (κ3) is 3.83. The topological polar surface area (TPSA) is 62.5 Å². The molecule has 1 aromatic carbocycles. The second-order valence-electron chi connectivity index (χ2n) is 8.39. The van der Waals surface area contributed by atoms with Crippen molar-refractivity contribution in [2.45, 2.75) is 58.1 Å². The van der Waals surface area contributed by atoms with Crippen LogP contribution in [0.25, 0.3) is 17.0 Å². The van der Waals surface area contributed by atoms with Gasteiger partial charge in [-0.15, -0.1) is 10.2 Å². The molecule has 0 amide bonds.